The van der Waals surface area contributed by atoms with Crippen molar-refractivity contribution in [2.45, 2.75) is 26.3 Å². The van der Waals surface area contributed by atoms with Gasteiger partial charge in [-0.3, -0.25) is 0 Å². The molecule has 1 unspecified atom stereocenters. The van der Waals surface area contributed by atoms with Gasteiger partial charge in [-0.2, -0.15) is 0 Å². The number of ether oxygens (including phenoxy) is 2. The molecule has 0 aliphatic rings. The van der Waals surface area contributed by atoms with Crippen LogP contribution in [-0.2, 0) is 0 Å². The third-order valence-electron chi connectivity index (χ3n) is 4.55. The van der Waals surface area contributed by atoms with Crippen LogP contribution in [0.3, 0.4) is 0 Å². The number of hydrogen-bond acceptors (Lipinski definition) is 3. The van der Waals surface area contributed by atoms with Crippen LogP contribution in [0.25, 0.3) is 0 Å². The first kappa shape index (κ1) is 18.0. The first-order chi connectivity index (χ1) is 12.7. The standard InChI is InChI=1S/C23H25NO2/c1-3-17(2)23(24)18-14-15-21(25-19-10-6-4-7-11-19)22(16-18)26-20-12-8-5-9-13-20/h4-17,23H,3,24H2,1-2H3/t17?,23-/m1/s1. The van der Waals surface area contributed by atoms with E-state index in [1.807, 2.05) is 78.9 Å². The van der Waals surface area contributed by atoms with Gasteiger partial charge in [0, 0.05) is 6.04 Å². The predicted molar refractivity (Wildman–Crippen MR) is 106 cm³/mol. The zero-order valence-corrected chi connectivity index (χ0v) is 15.3. The highest BCUT2D eigenvalue weighted by Gasteiger charge is 2.17. The Morgan fingerprint density at radius 3 is 1.85 bits per heavy atom. The molecule has 3 aromatic carbocycles. The summed E-state index contributed by atoms with van der Waals surface area (Å²) in [6, 6.07) is 25.3. The molecule has 0 radical (unpaired) electrons. The van der Waals surface area contributed by atoms with Crippen LogP contribution in [-0.4, -0.2) is 0 Å². The summed E-state index contributed by atoms with van der Waals surface area (Å²) < 4.78 is 12.1. The van der Waals surface area contributed by atoms with Gasteiger partial charge in [0.2, 0.25) is 0 Å². The summed E-state index contributed by atoms with van der Waals surface area (Å²) in [5.41, 5.74) is 7.46. The quantitative estimate of drug-likeness (QED) is 0.544. The number of hydrogen-bond donors (Lipinski definition) is 1. The normalized spacial score (nSPS) is 13.0. The van der Waals surface area contributed by atoms with E-state index in [1.165, 1.54) is 0 Å². The molecule has 3 nitrogen and oxygen atoms in total. The van der Waals surface area contributed by atoms with E-state index in [-0.39, 0.29) is 6.04 Å². The van der Waals surface area contributed by atoms with Gasteiger partial charge < -0.3 is 15.2 Å². The molecule has 0 aromatic heterocycles. The highest BCUT2D eigenvalue weighted by Crippen LogP contribution is 2.37. The summed E-state index contributed by atoms with van der Waals surface area (Å²) in [6.07, 6.45) is 1.03. The summed E-state index contributed by atoms with van der Waals surface area (Å²) in [4.78, 5) is 0. The molecule has 0 heterocycles. The molecule has 0 saturated heterocycles. The predicted octanol–water partition coefficient (Wildman–Crippen LogP) is 6.32. The molecule has 0 spiro atoms. The largest absolute Gasteiger partial charge is 0.453 e. The molecule has 0 fully saturated rings. The van der Waals surface area contributed by atoms with Crippen molar-refractivity contribution in [3.8, 4) is 23.0 Å². The van der Waals surface area contributed by atoms with Crippen LogP contribution in [0, 0.1) is 5.92 Å². The highest BCUT2D eigenvalue weighted by molar-refractivity contribution is 5.48. The van der Waals surface area contributed by atoms with Crippen molar-refractivity contribution in [2.75, 3.05) is 0 Å². The van der Waals surface area contributed by atoms with Gasteiger partial charge in [0.1, 0.15) is 11.5 Å². The molecule has 3 aromatic rings. The smallest absolute Gasteiger partial charge is 0.170 e. The zero-order valence-electron chi connectivity index (χ0n) is 15.3. The van der Waals surface area contributed by atoms with Crippen LogP contribution in [0.5, 0.6) is 23.0 Å². The SMILES string of the molecule is CCC(C)[C@@H](N)c1ccc(Oc2ccccc2)c(Oc2ccccc2)c1. The second-order valence-electron chi connectivity index (χ2n) is 6.45. The number of nitrogens with two attached hydrogens (primary N) is 1. The van der Waals surface area contributed by atoms with Crippen molar-refractivity contribution in [2.24, 2.45) is 11.7 Å². The lowest BCUT2D eigenvalue weighted by atomic mass is 9.93. The van der Waals surface area contributed by atoms with E-state index in [2.05, 4.69) is 13.8 Å². The van der Waals surface area contributed by atoms with E-state index in [1.54, 1.807) is 0 Å². The summed E-state index contributed by atoms with van der Waals surface area (Å²) in [5.74, 6) is 3.25. The van der Waals surface area contributed by atoms with Crippen LogP contribution >= 0.6 is 0 Å². The molecular formula is C23H25NO2. The Morgan fingerprint density at radius 2 is 1.31 bits per heavy atom. The number of rotatable bonds is 7. The van der Waals surface area contributed by atoms with Crippen LogP contribution in [0.4, 0.5) is 0 Å². The van der Waals surface area contributed by atoms with Gasteiger partial charge in [-0.05, 0) is 47.9 Å². The Kier molecular flexibility index (Phi) is 5.92. The van der Waals surface area contributed by atoms with Gasteiger partial charge in [-0.1, -0.05) is 62.7 Å². The maximum absolute atomic E-state index is 6.42. The van der Waals surface area contributed by atoms with Crippen molar-refractivity contribution in [1.29, 1.82) is 0 Å². The first-order valence-corrected chi connectivity index (χ1v) is 9.02. The Balaban J connectivity index is 1.94. The van der Waals surface area contributed by atoms with E-state index in [4.69, 9.17) is 15.2 Å². The van der Waals surface area contributed by atoms with Gasteiger partial charge in [0.25, 0.3) is 0 Å². The Labute approximate surface area is 155 Å². The van der Waals surface area contributed by atoms with E-state index in [0.29, 0.717) is 17.4 Å². The highest BCUT2D eigenvalue weighted by atomic mass is 16.5. The van der Waals surface area contributed by atoms with Crippen LogP contribution < -0.4 is 15.2 Å². The van der Waals surface area contributed by atoms with Gasteiger partial charge in [0.15, 0.2) is 11.5 Å². The minimum absolute atomic E-state index is 0.0381. The van der Waals surface area contributed by atoms with Crippen LogP contribution in [0.2, 0.25) is 0 Å². The summed E-state index contributed by atoms with van der Waals surface area (Å²) in [5, 5.41) is 0. The molecule has 3 heteroatoms. The minimum atomic E-state index is -0.0381. The molecule has 134 valence electrons. The molecule has 0 amide bonds. The second-order valence-corrected chi connectivity index (χ2v) is 6.45. The maximum Gasteiger partial charge on any atom is 0.170 e. The fraction of sp³-hybridized carbons (Fsp3) is 0.217. The fourth-order valence-electron chi connectivity index (χ4n) is 2.71. The second kappa shape index (κ2) is 8.54. The van der Waals surface area contributed by atoms with E-state index < -0.39 is 0 Å². The molecular weight excluding hydrogens is 322 g/mol. The van der Waals surface area contributed by atoms with E-state index >= 15 is 0 Å². The van der Waals surface area contributed by atoms with Crippen molar-refractivity contribution in [3.05, 3.63) is 84.4 Å². The fourth-order valence-corrected chi connectivity index (χ4v) is 2.71. The van der Waals surface area contributed by atoms with E-state index in [0.717, 1.165) is 23.5 Å². The van der Waals surface area contributed by atoms with Crippen molar-refractivity contribution < 1.29 is 9.47 Å². The van der Waals surface area contributed by atoms with Crippen molar-refractivity contribution in [1.82, 2.24) is 0 Å². The summed E-state index contributed by atoms with van der Waals surface area (Å²) in [7, 11) is 0. The molecule has 2 atom stereocenters. The first-order valence-electron chi connectivity index (χ1n) is 9.02. The monoisotopic (exact) mass is 347 g/mol. The van der Waals surface area contributed by atoms with Gasteiger partial charge in [-0.25, -0.2) is 0 Å². The Hall–Kier alpha value is -2.78. The topological polar surface area (TPSA) is 44.5 Å². The zero-order chi connectivity index (χ0) is 18.4. The average molecular weight is 347 g/mol. The van der Waals surface area contributed by atoms with E-state index in [9.17, 15) is 0 Å². The summed E-state index contributed by atoms with van der Waals surface area (Å²) in [6.45, 7) is 4.32. The Bertz CT molecular complexity index is 818. The third-order valence-corrected chi connectivity index (χ3v) is 4.55. The third kappa shape index (κ3) is 4.44. The summed E-state index contributed by atoms with van der Waals surface area (Å²) >= 11 is 0. The van der Waals surface area contributed by atoms with Gasteiger partial charge >= 0.3 is 0 Å². The maximum atomic E-state index is 6.42. The molecule has 2 N–H and O–H groups in total. The average Bonchev–Trinajstić information content (AvgIpc) is 2.69. The minimum Gasteiger partial charge on any atom is -0.453 e. The molecule has 3 rings (SSSR count). The number of benzene rings is 3. The Morgan fingerprint density at radius 1 is 0.769 bits per heavy atom. The molecule has 0 aliphatic carbocycles. The lowest BCUT2D eigenvalue weighted by molar-refractivity contribution is 0.413. The molecule has 0 bridgehead atoms. The van der Waals surface area contributed by atoms with Crippen LogP contribution in [0.15, 0.2) is 78.9 Å². The lowest BCUT2D eigenvalue weighted by Gasteiger charge is -2.21. The van der Waals surface area contributed by atoms with Gasteiger partial charge in [0.05, 0.1) is 0 Å². The van der Waals surface area contributed by atoms with Crippen molar-refractivity contribution in [3.63, 3.8) is 0 Å². The number of para-hydroxylation sites is 2. The molecule has 0 aliphatic heterocycles. The van der Waals surface area contributed by atoms with Gasteiger partial charge in [-0.15, -0.1) is 0 Å². The molecule has 0 saturated carbocycles. The van der Waals surface area contributed by atoms with Crippen molar-refractivity contribution >= 4 is 0 Å². The molecule has 26 heavy (non-hydrogen) atoms. The lowest BCUT2D eigenvalue weighted by Crippen LogP contribution is -2.18. The van der Waals surface area contributed by atoms with Crippen LogP contribution in [0.1, 0.15) is 31.9 Å².